The molecule has 0 atom stereocenters. The number of carbonyl (C=O) groups excluding carboxylic acids is 2. The molecule has 0 unspecified atom stereocenters. The molecule has 0 radical (unpaired) electrons. The Labute approximate surface area is 118 Å². The highest BCUT2D eigenvalue weighted by Crippen LogP contribution is 2.22. The SMILES string of the molecule is COC(=O)c1ccc(N(C(C)=O)C2CCNCC2)cc1. The van der Waals surface area contributed by atoms with Crippen molar-refractivity contribution in [3.8, 4) is 0 Å². The second kappa shape index (κ2) is 6.52. The quantitative estimate of drug-likeness (QED) is 0.852. The van der Waals surface area contributed by atoms with Gasteiger partial charge in [-0.25, -0.2) is 4.79 Å². The predicted molar refractivity (Wildman–Crippen MR) is 76.8 cm³/mol. The van der Waals surface area contributed by atoms with Crippen LogP contribution >= 0.6 is 0 Å². The minimum atomic E-state index is -0.368. The summed E-state index contributed by atoms with van der Waals surface area (Å²) in [6.45, 7) is 3.43. The monoisotopic (exact) mass is 276 g/mol. The van der Waals surface area contributed by atoms with E-state index in [1.54, 1.807) is 31.2 Å². The van der Waals surface area contributed by atoms with Gasteiger partial charge >= 0.3 is 5.97 Å². The molecular formula is C15H20N2O3. The number of anilines is 1. The molecule has 1 saturated heterocycles. The number of nitrogens with zero attached hydrogens (tertiary/aromatic N) is 1. The Kier molecular flexibility index (Phi) is 4.74. The first-order chi connectivity index (χ1) is 9.63. The van der Waals surface area contributed by atoms with Gasteiger partial charge in [0.2, 0.25) is 5.91 Å². The molecule has 1 amide bonds. The number of amides is 1. The lowest BCUT2D eigenvalue weighted by Crippen LogP contribution is -2.45. The molecular weight excluding hydrogens is 256 g/mol. The average molecular weight is 276 g/mol. The number of carbonyl (C=O) groups is 2. The van der Waals surface area contributed by atoms with Crippen LogP contribution in [-0.2, 0) is 9.53 Å². The standard InChI is InChI=1S/C15H20N2O3/c1-11(18)17(14-7-9-16-10-8-14)13-5-3-12(4-6-13)15(19)20-2/h3-6,14,16H,7-10H2,1-2H3. The molecule has 1 heterocycles. The van der Waals surface area contributed by atoms with Gasteiger partial charge in [0.05, 0.1) is 12.7 Å². The van der Waals surface area contributed by atoms with Gasteiger partial charge in [-0.15, -0.1) is 0 Å². The number of methoxy groups -OCH3 is 1. The first-order valence-electron chi connectivity index (χ1n) is 6.82. The van der Waals surface area contributed by atoms with Crippen LogP contribution in [0.3, 0.4) is 0 Å². The van der Waals surface area contributed by atoms with Crippen LogP contribution < -0.4 is 10.2 Å². The van der Waals surface area contributed by atoms with Crippen LogP contribution in [0.25, 0.3) is 0 Å². The molecule has 1 aliphatic rings. The second-order valence-corrected chi connectivity index (χ2v) is 4.91. The van der Waals surface area contributed by atoms with Crippen molar-refractivity contribution in [2.24, 2.45) is 0 Å². The van der Waals surface area contributed by atoms with Gasteiger partial charge in [0.25, 0.3) is 0 Å². The van der Waals surface area contributed by atoms with E-state index in [4.69, 9.17) is 0 Å². The molecule has 1 N–H and O–H groups in total. The maximum absolute atomic E-state index is 11.9. The maximum atomic E-state index is 11.9. The minimum Gasteiger partial charge on any atom is -0.465 e. The third-order valence-corrected chi connectivity index (χ3v) is 3.58. The molecule has 2 rings (SSSR count). The van der Waals surface area contributed by atoms with Crippen molar-refractivity contribution in [2.75, 3.05) is 25.1 Å². The molecule has 20 heavy (non-hydrogen) atoms. The van der Waals surface area contributed by atoms with E-state index in [0.717, 1.165) is 31.6 Å². The smallest absolute Gasteiger partial charge is 0.337 e. The van der Waals surface area contributed by atoms with Gasteiger partial charge in [-0.3, -0.25) is 4.79 Å². The highest BCUT2D eigenvalue weighted by molar-refractivity contribution is 5.94. The summed E-state index contributed by atoms with van der Waals surface area (Å²) in [5, 5.41) is 3.29. The van der Waals surface area contributed by atoms with Crippen molar-refractivity contribution in [3.63, 3.8) is 0 Å². The zero-order valence-corrected chi connectivity index (χ0v) is 11.9. The van der Waals surface area contributed by atoms with Crippen LogP contribution in [0.1, 0.15) is 30.1 Å². The second-order valence-electron chi connectivity index (χ2n) is 4.91. The Bertz CT molecular complexity index is 478. The molecule has 0 bridgehead atoms. The van der Waals surface area contributed by atoms with Gasteiger partial charge in [0.15, 0.2) is 0 Å². The number of benzene rings is 1. The number of nitrogens with one attached hydrogen (secondary N) is 1. The molecule has 1 aromatic rings. The summed E-state index contributed by atoms with van der Waals surface area (Å²) in [5.41, 5.74) is 1.32. The van der Waals surface area contributed by atoms with Gasteiger partial charge in [0, 0.05) is 18.7 Å². The Morgan fingerprint density at radius 1 is 1.20 bits per heavy atom. The van der Waals surface area contributed by atoms with Crippen LogP contribution in [0.5, 0.6) is 0 Å². The molecule has 1 aliphatic heterocycles. The molecule has 5 nitrogen and oxygen atoms in total. The molecule has 1 aromatic carbocycles. The zero-order valence-electron chi connectivity index (χ0n) is 11.9. The Hall–Kier alpha value is -1.88. The highest BCUT2D eigenvalue weighted by atomic mass is 16.5. The van der Waals surface area contributed by atoms with Gasteiger partial charge in [-0.05, 0) is 50.2 Å². The molecule has 108 valence electrons. The van der Waals surface area contributed by atoms with Gasteiger partial charge in [-0.1, -0.05) is 0 Å². The van der Waals surface area contributed by atoms with E-state index in [9.17, 15) is 9.59 Å². The fourth-order valence-corrected chi connectivity index (χ4v) is 2.59. The number of hydrogen-bond donors (Lipinski definition) is 1. The zero-order chi connectivity index (χ0) is 14.5. The van der Waals surface area contributed by atoms with E-state index in [1.165, 1.54) is 7.11 Å². The Balaban J connectivity index is 2.21. The number of rotatable bonds is 3. The van der Waals surface area contributed by atoms with Crippen LogP contribution in [0.4, 0.5) is 5.69 Å². The molecule has 0 aliphatic carbocycles. The van der Waals surface area contributed by atoms with E-state index in [0.29, 0.717) is 5.56 Å². The van der Waals surface area contributed by atoms with Crippen molar-refractivity contribution in [1.82, 2.24) is 5.32 Å². The van der Waals surface area contributed by atoms with Crippen molar-refractivity contribution in [2.45, 2.75) is 25.8 Å². The van der Waals surface area contributed by atoms with Crippen LogP contribution in [0.2, 0.25) is 0 Å². The first kappa shape index (κ1) is 14.5. The number of ether oxygens (including phenoxy) is 1. The number of esters is 1. The maximum Gasteiger partial charge on any atom is 0.337 e. The lowest BCUT2D eigenvalue weighted by Gasteiger charge is -2.34. The summed E-state index contributed by atoms with van der Waals surface area (Å²) in [7, 11) is 1.35. The van der Waals surface area contributed by atoms with E-state index in [2.05, 4.69) is 10.1 Å². The number of piperidine rings is 1. The third kappa shape index (κ3) is 3.17. The Morgan fingerprint density at radius 2 is 1.80 bits per heavy atom. The first-order valence-corrected chi connectivity index (χ1v) is 6.82. The van der Waals surface area contributed by atoms with Gasteiger partial charge in [-0.2, -0.15) is 0 Å². The van der Waals surface area contributed by atoms with E-state index >= 15 is 0 Å². The topological polar surface area (TPSA) is 58.6 Å². The van der Waals surface area contributed by atoms with Crippen LogP contribution in [-0.4, -0.2) is 38.1 Å². The summed E-state index contributed by atoms with van der Waals surface area (Å²) in [4.78, 5) is 25.2. The normalized spacial score (nSPS) is 15.7. The van der Waals surface area contributed by atoms with Crippen molar-refractivity contribution in [1.29, 1.82) is 0 Å². The molecule has 5 heteroatoms. The molecule has 0 aromatic heterocycles. The van der Waals surface area contributed by atoms with Crippen molar-refractivity contribution < 1.29 is 14.3 Å². The minimum absolute atomic E-state index is 0.0303. The highest BCUT2D eigenvalue weighted by Gasteiger charge is 2.24. The lowest BCUT2D eigenvalue weighted by atomic mass is 10.0. The molecule has 1 fully saturated rings. The summed E-state index contributed by atoms with van der Waals surface area (Å²) >= 11 is 0. The van der Waals surface area contributed by atoms with Crippen molar-refractivity contribution in [3.05, 3.63) is 29.8 Å². The predicted octanol–water partition coefficient (Wildman–Crippen LogP) is 1.58. The van der Waals surface area contributed by atoms with E-state index < -0.39 is 0 Å². The summed E-state index contributed by atoms with van der Waals surface area (Å²) in [5.74, 6) is -0.337. The fraction of sp³-hybridized carbons (Fsp3) is 0.467. The van der Waals surface area contributed by atoms with Crippen LogP contribution in [0, 0.1) is 0 Å². The van der Waals surface area contributed by atoms with E-state index in [-0.39, 0.29) is 17.9 Å². The Morgan fingerprint density at radius 3 is 2.30 bits per heavy atom. The van der Waals surface area contributed by atoms with E-state index in [1.807, 2.05) is 4.90 Å². The van der Waals surface area contributed by atoms with Gasteiger partial charge < -0.3 is 15.0 Å². The average Bonchev–Trinajstić information content (AvgIpc) is 2.48. The number of hydrogen-bond acceptors (Lipinski definition) is 4. The molecule has 0 spiro atoms. The summed E-state index contributed by atoms with van der Waals surface area (Å²) in [6.07, 6.45) is 1.89. The third-order valence-electron chi connectivity index (χ3n) is 3.58. The summed E-state index contributed by atoms with van der Waals surface area (Å²) < 4.78 is 4.67. The van der Waals surface area contributed by atoms with Crippen LogP contribution in [0.15, 0.2) is 24.3 Å². The summed E-state index contributed by atoms with van der Waals surface area (Å²) in [6, 6.07) is 7.21. The lowest BCUT2D eigenvalue weighted by molar-refractivity contribution is -0.117. The van der Waals surface area contributed by atoms with Gasteiger partial charge in [0.1, 0.15) is 0 Å². The largest absolute Gasteiger partial charge is 0.465 e. The van der Waals surface area contributed by atoms with Crippen molar-refractivity contribution >= 4 is 17.6 Å². The molecule has 0 saturated carbocycles. The fourth-order valence-electron chi connectivity index (χ4n) is 2.59.